The number of carbonyl (C=O) groups is 12. The molecule has 0 spiro atoms. The lowest BCUT2D eigenvalue weighted by molar-refractivity contribution is -0.139. The zero-order chi connectivity index (χ0) is 86.5. The van der Waals surface area contributed by atoms with Crippen molar-refractivity contribution in [3.05, 3.63) is 271 Å². The second-order valence-corrected chi connectivity index (χ2v) is 30.0. The lowest BCUT2D eigenvalue weighted by Gasteiger charge is -2.21. The molecule has 1 aromatic heterocycles. The number of aliphatic carboxylic acids is 3. The van der Waals surface area contributed by atoms with Gasteiger partial charge in [0.05, 0.1) is 25.0 Å². The monoisotopic (exact) mass is 1620 g/mol. The van der Waals surface area contributed by atoms with Crippen LogP contribution in [0, 0.1) is 23.7 Å². The molecule has 24 nitrogen and oxygen atoms in total. The number of ketones is 3. The number of aromatic nitrogens is 2. The number of carbonyl (C=O) groups excluding carboxylic acids is 9. The van der Waals surface area contributed by atoms with Crippen molar-refractivity contribution in [2.24, 2.45) is 40.9 Å². The number of aromatic amines is 1. The van der Waals surface area contributed by atoms with E-state index in [4.69, 9.17) is 32.5 Å². The summed E-state index contributed by atoms with van der Waals surface area (Å²) in [4.78, 5) is 151. The molecule has 10 rings (SSSR count). The van der Waals surface area contributed by atoms with Crippen molar-refractivity contribution in [2.75, 3.05) is 6.61 Å². The minimum absolute atomic E-state index is 0.00802. The first-order chi connectivity index (χ1) is 57.7. The average Bonchev–Trinajstić information content (AvgIpc) is 0.933. The third kappa shape index (κ3) is 31.1. The first-order valence-corrected chi connectivity index (χ1v) is 40.0. The molecular weight excluding hydrogens is 1520 g/mol. The number of aryl methyl sites for hydroxylation is 3. The Morgan fingerprint density at radius 3 is 0.842 bits per heavy atom. The topological polar surface area (TPSA) is 429 Å². The molecule has 6 atom stereocenters. The van der Waals surface area contributed by atoms with Gasteiger partial charge in [-0.2, -0.15) is 0 Å². The molecule has 6 amide bonds. The normalized spacial score (nSPS) is 12.4. The first-order valence-electron chi connectivity index (χ1n) is 40.0. The summed E-state index contributed by atoms with van der Waals surface area (Å²) in [5.41, 5.74) is 33.1. The maximum absolute atomic E-state index is 13.1. The Morgan fingerprint density at radius 1 is 0.342 bits per heavy atom. The van der Waals surface area contributed by atoms with Crippen LogP contribution in [0.5, 0.6) is 0 Å². The SMILES string of the molecule is CC(C)C[C@H](NC(=O)CCc1ccc(-c2ccc(-c3ccccc3)cc2)cc1)C(=O)C[C@@H](CCC(=O)O)C(N)=O.NC(=O)[C@H](CCC(=O)O)CC(=O)[C@H](CO)NC(=O)CCc1ccc(-c2ccc(-c3ccccc3)cc2)cc1.NC(=O)[C@H](CCC(=O)O)CC(=O)[C@H](Cc1cnc[nH]1)NC(=O)CCc1ccc(-c2ccc(-c3ccccc3)cc2)cc1. The van der Waals surface area contributed by atoms with Gasteiger partial charge in [-0.3, -0.25) is 57.5 Å². The molecule has 14 N–H and O–H groups in total. The van der Waals surface area contributed by atoms with Gasteiger partial charge in [-0.15, -0.1) is 0 Å². The Hall–Kier alpha value is -13.6. The fourth-order valence-corrected chi connectivity index (χ4v) is 13.5. The third-order valence-corrected chi connectivity index (χ3v) is 20.5. The van der Waals surface area contributed by atoms with E-state index in [1.165, 1.54) is 11.9 Å². The summed E-state index contributed by atoms with van der Waals surface area (Å²) in [6.07, 6.45) is 3.75. The average molecular weight is 1630 g/mol. The number of hydrogen-bond acceptors (Lipinski definition) is 14. The van der Waals surface area contributed by atoms with Crippen LogP contribution in [0.1, 0.15) is 120 Å². The summed E-state index contributed by atoms with van der Waals surface area (Å²) >= 11 is 0. The summed E-state index contributed by atoms with van der Waals surface area (Å²) in [5.74, 6) is -10.4. The van der Waals surface area contributed by atoms with Gasteiger partial charge in [-0.25, -0.2) is 4.98 Å². The molecular formula is C96H104N8O16. The van der Waals surface area contributed by atoms with Crippen LogP contribution in [-0.4, -0.2) is 126 Å². The number of rotatable bonds is 44. The number of hydrogen-bond donors (Lipinski definition) is 11. The van der Waals surface area contributed by atoms with E-state index in [-0.39, 0.29) is 107 Å². The smallest absolute Gasteiger partial charge is 0.303 e. The van der Waals surface area contributed by atoms with Gasteiger partial charge < -0.3 is 58.6 Å². The largest absolute Gasteiger partial charge is 0.481 e. The van der Waals surface area contributed by atoms with Gasteiger partial charge in [0.15, 0.2) is 17.3 Å². The van der Waals surface area contributed by atoms with E-state index >= 15 is 0 Å². The van der Waals surface area contributed by atoms with E-state index in [2.05, 4.69) is 135 Å². The van der Waals surface area contributed by atoms with Gasteiger partial charge in [0.1, 0.15) is 6.04 Å². The Labute approximate surface area is 697 Å². The summed E-state index contributed by atoms with van der Waals surface area (Å²) in [6, 6.07) is 76.8. The number of carboxylic acid groups (broad SMARTS) is 3. The van der Waals surface area contributed by atoms with Gasteiger partial charge in [0, 0.05) is 93.9 Å². The molecule has 0 fully saturated rings. The predicted octanol–water partition coefficient (Wildman–Crippen LogP) is 13.1. The van der Waals surface area contributed by atoms with E-state index in [1.807, 2.05) is 141 Å². The quantitative estimate of drug-likeness (QED) is 0.0169. The van der Waals surface area contributed by atoms with Crippen LogP contribution in [-0.2, 0) is 83.2 Å². The van der Waals surface area contributed by atoms with Crippen LogP contribution in [0.2, 0.25) is 0 Å². The maximum atomic E-state index is 13.1. The van der Waals surface area contributed by atoms with Crippen molar-refractivity contribution in [3.63, 3.8) is 0 Å². The molecule has 0 aliphatic heterocycles. The molecule has 9 aromatic carbocycles. The standard InChI is InChI=1S/C33H34N4O5.C33H38N2O5.C30H32N2O6/c34-33(42)27(15-17-32(40)41)18-30(38)29(19-28-20-35-21-36-28)37-31(39)16-8-22-6-9-24(10-7-22)26-13-11-25(12-14-26)23-4-2-1-3-5-23;1-22(2)20-29(30(36)21-28(33(34)40)17-19-32(38)39)35-31(37)18-10-23-8-11-25(12-9-23)27-15-13-26(14-16-27)24-6-4-3-5-7-24;31-30(38)25(15-17-29(36)37)18-27(34)26(19-33)32-28(35)16-8-20-6-9-22(10-7-20)24-13-11-23(12-14-24)21-4-2-1-3-5-21/h1-7,9-14,20-21,27,29H,8,15-19H2,(H2,34,42)(H,35,36)(H,37,39)(H,40,41);3-9,11-16,22,28-29H,10,17-21H2,1-2H3,(H2,34,40)(H,35,37)(H,38,39);1-7,9-14,25-26,33H,8,15-19H2,(H2,31,38)(H,32,35)(H,36,37)/t27-,29+;28-,29+;25-,26+/m111/s1. The number of carboxylic acids is 3. The summed E-state index contributed by atoms with van der Waals surface area (Å²) in [5, 5.41) is 44.3. The van der Waals surface area contributed by atoms with Crippen molar-refractivity contribution in [3.8, 4) is 66.8 Å². The number of nitrogens with two attached hydrogens (primary N) is 3. The van der Waals surface area contributed by atoms with Gasteiger partial charge in [0.2, 0.25) is 35.4 Å². The predicted molar refractivity (Wildman–Crippen MR) is 459 cm³/mol. The molecule has 0 saturated heterocycles. The number of benzene rings is 9. The molecule has 1 heterocycles. The number of amides is 6. The minimum Gasteiger partial charge on any atom is -0.481 e. The van der Waals surface area contributed by atoms with Crippen LogP contribution >= 0.6 is 0 Å². The molecule has 0 radical (unpaired) electrons. The fourth-order valence-electron chi connectivity index (χ4n) is 13.5. The summed E-state index contributed by atoms with van der Waals surface area (Å²) in [6.45, 7) is 3.26. The zero-order valence-electron chi connectivity index (χ0n) is 67.3. The van der Waals surface area contributed by atoms with Gasteiger partial charge in [-0.05, 0) is 134 Å². The highest BCUT2D eigenvalue weighted by molar-refractivity contribution is 5.95. The van der Waals surface area contributed by atoms with Crippen molar-refractivity contribution in [2.45, 2.75) is 141 Å². The molecule has 624 valence electrons. The Bertz CT molecular complexity index is 5010. The second-order valence-electron chi connectivity index (χ2n) is 30.0. The number of aliphatic hydroxyl groups is 1. The van der Waals surface area contributed by atoms with E-state index in [1.54, 1.807) is 6.20 Å². The summed E-state index contributed by atoms with van der Waals surface area (Å²) in [7, 11) is 0. The number of H-pyrrole nitrogens is 1. The van der Waals surface area contributed by atoms with Crippen molar-refractivity contribution >= 4 is 70.7 Å². The highest BCUT2D eigenvalue weighted by atomic mass is 16.4. The van der Waals surface area contributed by atoms with Crippen LogP contribution in [0.4, 0.5) is 0 Å². The van der Waals surface area contributed by atoms with E-state index in [0.717, 1.165) is 77.9 Å². The number of imidazole rings is 1. The molecule has 0 aliphatic rings. The number of aliphatic hydroxyl groups excluding tert-OH is 1. The van der Waals surface area contributed by atoms with Gasteiger partial charge in [-0.1, -0.05) is 250 Å². The Morgan fingerprint density at radius 2 is 0.592 bits per heavy atom. The number of nitrogens with one attached hydrogen (secondary N) is 4. The third-order valence-electron chi connectivity index (χ3n) is 20.5. The lowest BCUT2D eigenvalue weighted by atomic mass is 9.90. The second kappa shape index (κ2) is 47.6. The zero-order valence-corrected chi connectivity index (χ0v) is 67.3. The first kappa shape index (κ1) is 91.9. The minimum atomic E-state index is -1.18. The number of nitrogens with zero attached hydrogens (tertiary/aromatic N) is 1. The Kier molecular flexibility index (Phi) is 36.4. The number of Topliss-reactive ketones (excluding diaryl/α,β-unsaturated/α-hetero) is 3. The van der Waals surface area contributed by atoms with E-state index in [0.29, 0.717) is 31.4 Å². The van der Waals surface area contributed by atoms with Crippen LogP contribution < -0.4 is 33.2 Å². The molecule has 120 heavy (non-hydrogen) atoms. The van der Waals surface area contributed by atoms with E-state index in [9.17, 15) is 62.6 Å². The van der Waals surface area contributed by atoms with Crippen LogP contribution in [0.3, 0.4) is 0 Å². The van der Waals surface area contributed by atoms with Crippen LogP contribution in [0.25, 0.3) is 66.8 Å². The molecule has 0 aliphatic carbocycles. The molecule has 24 heteroatoms. The Balaban J connectivity index is 0.000000224. The van der Waals surface area contributed by atoms with Crippen LogP contribution in [0.15, 0.2) is 249 Å². The lowest BCUT2D eigenvalue weighted by Crippen LogP contribution is -2.44. The van der Waals surface area contributed by atoms with Crippen molar-refractivity contribution in [1.29, 1.82) is 0 Å². The number of primary amides is 3. The van der Waals surface area contributed by atoms with Gasteiger partial charge >= 0.3 is 17.9 Å². The summed E-state index contributed by atoms with van der Waals surface area (Å²) < 4.78 is 0. The molecule has 0 saturated carbocycles. The van der Waals surface area contributed by atoms with E-state index < -0.39 is 95.6 Å². The van der Waals surface area contributed by atoms with Gasteiger partial charge in [0.25, 0.3) is 0 Å². The van der Waals surface area contributed by atoms with Crippen molar-refractivity contribution in [1.82, 2.24) is 25.9 Å². The van der Waals surface area contributed by atoms with Crippen molar-refractivity contribution < 1.29 is 78.0 Å². The highest BCUT2D eigenvalue weighted by Crippen LogP contribution is 2.30. The molecule has 0 unspecified atom stereocenters. The molecule has 0 bridgehead atoms. The fraction of sp³-hybridized carbons (Fsp3) is 0.281. The molecule has 10 aromatic rings. The maximum Gasteiger partial charge on any atom is 0.303 e. The highest BCUT2D eigenvalue weighted by Gasteiger charge is 2.31.